The van der Waals surface area contributed by atoms with Gasteiger partial charge in [0.1, 0.15) is 17.9 Å². The zero-order chi connectivity index (χ0) is 21.2. The molecule has 154 valence electrons. The van der Waals surface area contributed by atoms with Crippen molar-refractivity contribution in [3.05, 3.63) is 72.2 Å². The second-order valence-corrected chi connectivity index (χ2v) is 6.36. The predicted octanol–water partition coefficient (Wildman–Crippen LogP) is 2.37. The lowest BCUT2D eigenvalue weighted by molar-refractivity contribution is -0.124. The molecule has 0 spiro atoms. The van der Waals surface area contributed by atoms with Gasteiger partial charge in [0.05, 0.1) is 6.54 Å². The first-order valence-electron chi connectivity index (χ1n) is 8.97. The Morgan fingerprint density at radius 3 is 2.76 bits per heavy atom. The van der Waals surface area contributed by atoms with Gasteiger partial charge in [0.15, 0.2) is 5.76 Å². The summed E-state index contributed by atoms with van der Waals surface area (Å²) in [5.41, 5.74) is 2.99. The molecule has 2 aromatic rings. The summed E-state index contributed by atoms with van der Waals surface area (Å²) in [5, 5.41) is 12.1. The summed E-state index contributed by atoms with van der Waals surface area (Å²) in [4.78, 5) is 25.5. The van der Waals surface area contributed by atoms with Crippen LogP contribution in [0.2, 0.25) is 0 Å². The zero-order valence-corrected chi connectivity index (χ0v) is 16.5. The van der Waals surface area contributed by atoms with Crippen LogP contribution >= 0.6 is 0 Å². The molecule has 0 radical (unpaired) electrons. The van der Waals surface area contributed by atoms with Crippen molar-refractivity contribution in [1.82, 2.24) is 15.7 Å². The van der Waals surface area contributed by atoms with E-state index in [1.54, 1.807) is 0 Å². The fraction of sp³-hybridized carbons (Fsp3) is 0.238. The van der Waals surface area contributed by atoms with Gasteiger partial charge < -0.3 is 19.4 Å². The van der Waals surface area contributed by atoms with Crippen molar-refractivity contribution in [3.63, 3.8) is 0 Å². The highest BCUT2D eigenvalue weighted by Crippen LogP contribution is 2.26. The van der Waals surface area contributed by atoms with Gasteiger partial charge in [0.25, 0.3) is 11.8 Å². The molecule has 8 heteroatoms. The normalized spacial score (nSPS) is 11.8. The molecule has 0 atom stereocenters. The fourth-order valence-corrected chi connectivity index (χ4v) is 2.61. The first-order valence-corrected chi connectivity index (χ1v) is 8.97. The summed E-state index contributed by atoms with van der Waals surface area (Å²) in [6.45, 7) is 4.65. The van der Waals surface area contributed by atoms with Crippen LogP contribution in [0.4, 0.5) is 0 Å². The number of amides is 2. The van der Waals surface area contributed by atoms with E-state index in [-0.39, 0.29) is 24.8 Å². The molecule has 0 fully saturated rings. The molecule has 0 aliphatic heterocycles. The maximum atomic E-state index is 12.6. The fourth-order valence-electron chi connectivity index (χ4n) is 2.61. The number of hydroxylamine groups is 1. The molecule has 2 amide bonds. The summed E-state index contributed by atoms with van der Waals surface area (Å²) >= 11 is 0. The lowest BCUT2D eigenvalue weighted by atomic mass is 10.1. The first-order chi connectivity index (χ1) is 14.0. The highest BCUT2D eigenvalue weighted by atomic mass is 16.5. The van der Waals surface area contributed by atoms with Gasteiger partial charge in [-0.2, -0.15) is 0 Å². The Balaban J connectivity index is 1.97. The van der Waals surface area contributed by atoms with Crippen molar-refractivity contribution < 1.29 is 24.0 Å². The van der Waals surface area contributed by atoms with E-state index in [0.717, 1.165) is 17.0 Å². The second kappa shape index (κ2) is 10.8. The molecule has 2 rings (SSSR count). The Morgan fingerprint density at radius 2 is 2.07 bits per heavy atom. The van der Waals surface area contributed by atoms with Crippen LogP contribution in [-0.4, -0.2) is 49.2 Å². The Hall–Kier alpha value is -3.36. The largest absolute Gasteiger partial charge is 0.492 e. The number of carbonyl (C=O) groups is 2. The maximum absolute atomic E-state index is 12.6. The number of nitrogens with zero attached hydrogens (tertiary/aromatic N) is 1. The summed E-state index contributed by atoms with van der Waals surface area (Å²) in [6.07, 6.45) is 5.52. The van der Waals surface area contributed by atoms with Crippen LogP contribution < -0.4 is 10.8 Å². The van der Waals surface area contributed by atoms with Crippen molar-refractivity contribution in [2.45, 2.75) is 6.54 Å². The molecule has 1 aromatic carbocycles. The minimum atomic E-state index is -0.656. The van der Waals surface area contributed by atoms with Crippen LogP contribution in [0.3, 0.4) is 0 Å². The number of carbonyl (C=O) groups excluding carboxylic acids is 2. The number of allylic oxidation sites excluding steroid dienone is 3. The van der Waals surface area contributed by atoms with Crippen LogP contribution in [0.5, 0.6) is 0 Å². The third kappa shape index (κ3) is 6.34. The topological polar surface area (TPSA) is 104 Å². The average molecular weight is 399 g/mol. The second-order valence-electron chi connectivity index (χ2n) is 6.36. The number of para-hydroxylation sites is 1. The summed E-state index contributed by atoms with van der Waals surface area (Å²) in [5.74, 6) is -0.266. The molecule has 0 saturated heterocycles. The molecular formula is C21H25N3O5. The zero-order valence-electron chi connectivity index (χ0n) is 16.5. The number of fused-ring (bicyclic) bond motifs is 1. The van der Waals surface area contributed by atoms with E-state index >= 15 is 0 Å². The van der Waals surface area contributed by atoms with Gasteiger partial charge in [-0.05, 0) is 32.3 Å². The molecule has 0 aliphatic carbocycles. The van der Waals surface area contributed by atoms with E-state index in [1.807, 2.05) is 43.3 Å². The van der Waals surface area contributed by atoms with Gasteiger partial charge in [-0.25, -0.2) is 5.48 Å². The van der Waals surface area contributed by atoms with Crippen molar-refractivity contribution in [3.8, 4) is 0 Å². The van der Waals surface area contributed by atoms with Crippen LogP contribution in [0.15, 0.2) is 65.3 Å². The minimum absolute atomic E-state index is 0.201. The number of furan rings is 1. The van der Waals surface area contributed by atoms with E-state index in [1.165, 1.54) is 23.7 Å². The predicted molar refractivity (Wildman–Crippen MR) is 109 cm³/mol. The number of hydrogen-bond donors (Lipinski definition) is 3. The molecule has 1 heterocycles. The van der Waals surface area contributed by atoms with E-state index < -0.39 is 5.91 Å². The Morgan fingerprint density at radius 1 is 1.31 bits per heavy atom. The van der Waals surface area contributed by atoms with Gasteiger partial charge >= 0.3 is 0 Å². The minimum Gasteiger partial charge on any atom is -0.492 e. The summed E-state index contributed by atoms with van der Waals surface area (Å²) in [6, 6.07) is 7.54. The Kier molecular flexibility index (Phi) is 8.20. The highest BCUT2D eigenvalue weighted by molar-refractivity contribution is 5.99. The number of rotatable bonds is 10. The molecule has 8 nitrogen and oxygen atoms in total. The maximum Gasteiger partial charge on any atom is 0.287 e. The van der Waals surface area contributed by atoms with Crippen LogP contribution in [0, 0.1) is 0 Å². The van der Waals surface area contributed by atoms with E-state index in [0.29, 0.717) is 17.9 Å². The van der Waals surface area contributed by atoms with Gasteiger partial charge in [0.2, 0.25) is 0 Å². The lowest BCUT2D eigenvalue weighted by Crippen LogP contribution is -2.28. The van der Waals surface area contributed by atoms with E-state index in [2.05, 4.69) is 11.9 Å². The number of nitrogens with one attached hydrogen (secondary N) is 2. The quantitative estimate of drug-likeness (QED) is 0.142. The smallest absolute Gasteiger partial charge is 0.287 e. The molecule has 29 heavy (non-hydrogen) atoms. The van der Waals surface area contributed by atoms with Crippen molar-refractivity contribution in [2.24, 2.45) is 0 Å². The Bertz CT molecular complexity index is 928. The molecule has 0 bridgehead atoms. The number of hydrogen-bond acceptors (Lipinski definition) is 6. The molecule has 1 aromatic heterocycles. The molecular weight excluding hydrogens is 374 g/mol. The van der Waals surface area contributed by atoms with Crippen molar-refractivity contribution in [2.75, 3.05) is 27.2 Å². The first kappa shape index (κ1) is 21.9. The molecule has 0 aliphatic rings. The molecule has 3 N–H and O–H groups in total. The molecule has 0 unspecified atom stereocenters. The van der Waals surface area contributed by atoms with Crippen molar-refractivity contribution in [1.29, 1.82) is 0 Å². The Labute approximate surface area is 169 Å². The average Bonchev–Trinajstić information content (AvgIpc) is 3.07. The van der Waals surface area contributed by atoms with Gasteiger partial charge in [0, 0.05) is 23.6 Å². The van der Waals surface area contributed by atoms with Gasteiger partial charge in [-0.1, -0.05) is 30.9 Å². The van der Waals surface area contributed by atoms with E-state index in [4.69, 9.17) is 14.4 Å². The lowest BCUT2D eigenvalue weighted by Gasteiger charge is -2.11. The SMILES string of the molecule is C=C/C(=C\C=C\C(=O)NO)OCCNC(=O)c1oc2ccccc2c1CN(C)C. The number of benzene rings is 1. The van der Waals surface area contributed by atoms with Gasteiger partial charge in [-0.15, -0.1) is 0 Å². The highest BCUT2D eigenvalue weighted by Gasteiger charge is 2.20. The van der Waals surface area contributed by atoms with Crippen molar-refractivity contribution >= 4 is 22.8 Å². The summed E-state index contributed by atoms with van der Waals surface area (Å²) in [7, 11) is 3.86. The van der Waals surface area contributed by atoms with Crippen LogP contribution in [0.25, 0.3) is 11.0 Å². The number of ether oxygens (including phenoxy) is 1. The van der Waals surface area contributed by atoms with Gasteiger partial charge in [-0.3, -0.25) is 14.8 Å². The third-order valence-corrected chi connectivity index (χ3v) is 3.85. The van der Waals surface area contributed by atoms with Crippen LogP contribution in [0.1, 0.15) is 16.1 Å². The monoisotopic (exact) mass is 399 g/mol. The van der Waals surface area contributed by atoms with Crippen LogP contribution in [-0.2, 0) is 16.1 Å². The molecule has 0 saturated carbocycles. The summed E-state index contributed by atoms with van der Waals surface area (Å²) < 4.78 is 11.3. The third-order valence-electron chi connectivity index (χ3n) is 3.85. The van der Waals surface area contributed by atoms with E-state index in [9.17, 15) is 9.59 Å². The standard InChI is InChI=1S/C21H25N3O5/c1-4-15(8-7-11-19(25)23-27)28-13-12-22-21(26)20-17(14-24(2)3)16-9-5-6-10-18(16)29-20/h4-11,27H,1,12-14H2,2-3H3,(H,22,26)(H,23,25)/b11-7+,15-8+.